The molecule has 0 spiro atoms. The summed E-state index contributed by atoms with van der Waals surface area (Å²) < 4.78 is 9.69. The van der Waals surface area contributed by atoms with Crippen molar-refractivity contribution in [2.24, 2.45) is 0 Å². The van der Waals surface area contributed by atoms with E-state index in [-0.39, 0.29) is 33.9 Å². The van der Waals surface area contributed by atoms with Gasteiger partial charge in [-0.15, -0.1) is 11.3 Å². The van der Waals surface area contributed by atoms with E-state index in [9.17, 15) is 0 Å². The van der Waals surface area contributed by atoms with Crippen LogP contribution in [0.25, 0.3) is 42.1 Å². The molecule has 3 aliphatic heterocycles. The Morgan fingerprint density at radius 1 is 0.486 bits per heavy atom. The van der Waals surface area contributed by atoms with Crippen LogP contribution < -0.4 is 31.1 Å². The lowest BCUT2D eigenvalue weighted by Gasteiger charge is -2.51. The summed E-state index contributed by atoms with van der Waals surface area (Å²) in [5, 5.41) is 4.87. The van der Waals surface area contributed by atoms with E-state index in [1.165, 1.54) is 111 Å². The van der Waals surface area contributed by atoms with E-state index in [4.69, 9.17) is 4.42 Å². The van der Waals surface area contributed by atoms with Gasteiger partial charge in [-0.05, 0) is 135 Å². The van der Waals surface area contributed by atoms with Gasteiger partial charge in [-0.1, -0.05) is 173 Å². The fourth-order valence-electron chi connectivity index (χ4n) is 14.0. The first-order chi connectivity index (χ1) is 35.3. The summed E-state index contributed by atoms with van der Waals surface area (Å²) >= 11 is 1.90. The Labute approximate surface area is 441 Å². The van der Waals surface area contributed by atoms with Crippen molar-refractivity contribution in [2.75, 3.05) is 14.7 Å². The highest BCUT2D eigenvalue weighted by molar-refractivity contribution is 7.26. The molecular weight excluding hydrogens is 918 g/mol. The lowest BCUT2D eigenvalue weighted by molar-refractivity contribution is 0.195. The summed E-state index contributed by atoms with van der Waals surface area (Å²) in [4.78, 5) is 8.10. The first-order valence-corrected chi connectivity index (χ1v) is 28.0. The molecule has 0 saturated heterocycles. The topological polar surface area (TPSA) is 22.9 Å². The smallest absolute Gasteiger partial charge is 0.252 e. The largest absolute Gasteiger partial charge is 0.454 e. The van der Waals surface area contributed by atoms with E-state index in [0.717, 1.165) is 40.5 Å². The molecule has 2 atom stereocenters. The van der Waals surface area contributed by atoms with Crippen LogP contribution in [-0.4, -0.2) is 12.3 Å². The molecule has 10 aromatic rings. The highest BCUT2D eigenvalue weighted by Crippen LogP contribution is 2.62. The highest BCUT2D eigenvalue weighted by Gasteiger charge is 2.58. The van der Waals surface area contributed by atoms with Crippen LogP contribution in [0, 0.1) is 0 Å². The molecule has 14 rings (SSSR count). The van der Waals surface area contributed by atoms with Gasteiger partial charge in [-0.3, -0.25) is 0 Å². The van der Waals surface area contributed by atoms with Gasteiger partial charge < -0.3 is 19.1 Å². The van der Waals surface area contributed by atoms with E-state index in [2.05, 4.69) is 243 Å². The van der Waals surface area contributed by atoms with E-state index in [1.54, 1.807) is 0 Å². The number of thiophene rings is 1. The van der Waals surface area contributed by atoms with E-state index in [0.29, 0.717) is 0 Å². The van der Waals surface area contributed by atoms with Crippen LogP contribution >= 0.6 is 11.3 Å². The number of benzene rings is 8. The number of fused-ring (bicyclic) bond motifs is 13. The van der Waals surface area contributed by atoms with Gasteiger partial charge in [0, 0.05) is 70.5 Å². The summed E-state index contributed by atoms with van der Waals surface area (Å²) in [6.45, 7) is 26.4. The predicted molar refractivity (Wildman–Crippen MR) is 320 cm³/mol. The molecule has 2 aromatic heterocycles. The number of furan rings is 1. The molecule has 5 heterocycles. The summed E-state index contributed by atoms with van der Waals surface area (Å²) in [5.74, 6) is 0. The molecule has 4 nitrogen and oxygen atoms in total. The number of nitrogens with zero attached hydrogens (tertiary/aromatic N) is 3. The van der Waals surface area contributed by atoms with E-state index in [1.807, 2.05) is 11.3 Å². The molecule has 1 fully saturated rings. The summed E-state index contributed by atoms with van der Waals surface area (Å²) in [7, 11) is 0. The van der Waals surface area contributed by atoms with Crippen LogP contribution in [0.15, 0.2) is 156 Å². The average Bonchev–Trinajstić information content (AvgIpc) is 4.02. The van der Waals surface area contributed by atoms with Gasteiger partial charge >= 0.3 is 0 Å². The van der Waals surface area contributed by atoms with Crippen LogP contribution in [0.4, 0.5) is 45.5 Å². The zero-order valence-corrected chi connectivity index (χ0v) is 45.8. The maximum atomic E-state index is 7.08. The third-order valence-electron chi connectivity index (χ3n) is 18.3. The standard InChI is InChI=1S/C68H66BN3OS/c1-64(2,3)41-28-31-51-48(36-41)67(10)34-16-17-35-68(67,11)72(51)44-39-56-62-57(40-44)71(55-24-18-22-46-45-20-12-14-25-58(45)73-63(46)55)53-33-30-43(66(7,8)9)38-50(53)69(62)49-37-42(65(4,5)6)29-32-52(49)70(56)54-23-19-27-60-61(54)47-21-13-15-26-59(47)74-60/h12-15,18-33,36-40H,16-17,34-35H2,1-11H3. The minimum absolute atomic E-state index is 0.0287. The molecule has 0 bridgehead atoms. The van der Waals surface area contributed by atoms with Gasteiger partial charge in [0.1, 0.15) is 5.58 Å². The van der Waals surface area contributed by atoms with Crippen molar-refractivity contribution in [3.05, 3.63) is 174 Å². The van der Waals surface area contributed by atoms with Gasteiger partial charge in [0.15, 0.2) is 5.58 Å². The van der Waals surface area contributed by atoms with Crippen molar-refractivity contribution < 1.29 is 4.42 Å². The van der Waals surface area contributed by atoms with Crippen LogP contribution in [0.5, 0.6) is 0 Å². The highest BCUT2D eigenvalue weighted by atomic mass is 32.1. The van der Waals surface area contributed by atoms with E-state index >= 15 is 0 Å². The number of hydrogen-bond acceptors (Lipinski definition) is 5. The quantitative estimate of drug-likeness (QED) is 0.165. The van der Waals surface area contributed by atoms with Crippen molar-refractivity contribution in [1.29, 1.82) is 0 Å². The van der Waals surface area contributed by atoms with Gasteiger partial charge in [0.05, 0.1) is 16.9 Å². The number of hydrogen-bond donors (Lipinski definition) is 0. The fraction of sp³-hybridized carbons (Fsp3) is 0.294. The van der Waals surface area contributed by atoms with Gasteiger partial charge in [0.2, 0.25) is 0 Å². The Morgan fingerprint density at radius 3 is 1.70 bits per heavy atom. The Kier molecular flexibility index (Phi) is 9.55. The Hall–Kier alpha value is -6.76. The fourth-order valence-corrected chi connectivity index (χ4v) is 15.2. The summed E-state index contributed by atoms with van der Waals surface area (Å²) in [6.07, 6.45) is 4.71. The monoisotopic (exact) mass is 984 g/mol. The first kappa shape index (κ1) is 45.8. The molecule has 368 valence electrons. The molecule has 1 aliphatic carbocycles. The summed E-state index contributed by atoms with van der Waals surface area (Å²) in [6, 6.07) is 58.9. The number of para-hydroxylation sites is 2. The molecular formula is C68H66BN3OS. The Morgan fingerprint density at radius 2 is 1.03 bits per heavy atom. The van der Waals surface area contributed by atoms with Crippen molar-refractivity contribution in [2.45, 2.75) is 129 Å². The molecule has 1 saturated carbocycles. The molecule has 4 aliphatic rings. The van der Waals surface area contributed by atoms with Crippen LogP contribution in [0.3, 0.4) is 0 Å². The second-order valence-corrected chi connectivity index (χ2v) is 26.8. The molecule has 0 N–H and O–H groups in total. The average molecular weight is 984 g/mol. The zero-order chi connectivity index (χ0) is 51.0. The maximum absolute atomic E-state index is 7.08. The minimum atomic E-state index is -0.176. The van der Waals surface area contributed by atoms with Gasteiger partial charge in [-0.25, -0.2) is 0 Å². The molecule has 0 amide bonds. The van der Waals surface area contributed by atoms with Crippen LogP contribution in [0.1, 0.15) is 124 Å². The third-order valence-corrected chi connectivity index (χ3v) is 19.4. The van der Waals surface area contributed by atoms with Crippen molar-refractivity contribution in [3.63, 3.8) is 0 Å². The molecule has 74 heavy (non-hydrogen) atoms. The lowest BCUT2D eigenvalue weighted by Crippen LogP contribution is -2.62. The van der Waals surface area contributed by atoms with Crippen LogP contribution in [-0.2, 0) is 21.7 Å². The third kappa shape index (κ3) is 6.33. The number of anilines is 8. The molecule has 0 radical (unpaired) electrons. The molecule has 2 unspecified atom stereocenters. The maximum Gasteiger partial charge on any atom is 0.252 e. The Balaban J connectivity index is 1.15. The zero-order valence-electron chi connectivity index (χ0n) is 45.0. The van der Waals surface area contributed by atoms with Crippen LogP contribution in [0.2, 0.25) is 0 Å². The minimum Gasteiger partial charge on any atom is -0.454 e. The van der Waals surface area contributed by atoms with Gasteiger partial charge in [0.25, 0.3) is 6.71 Å². The number of rotatable bonds is 3. The van der Waals surface area contributed by atoms with Gasteiger partial charge in [-0.2, -0.15) is 0 Å². The summed E-state index contributed by atoms with van der Waals surface area (Å²) in [5.41, 5.74) is 20.8. The Bertz CT molecular complexity index is 4010. The normalized spacial score (nSPS) is 19.3. The molecule has 8 aromatic carbocycles. The first-order valence-electron chi connectivity index (χ1n) is 27.2. The van der Waals surface area contributed by atoms with E-state index < -0.39 is 0 Å². The van der Waals surface area contributed by atoms with Crippen molar-refractivity contribution >= 4 is 122 Å². The lowest BCUT2D eigenvalue weighted by atomic mass is 9.33. The predicted octanol–water partition coefficient (Wildman–Crippen LogP) is 17.7. The molecule has 6 heteroatoms. The second-order valence-electron chi connectivity index (χ2n) is 25.7. The van der Waals surface area contributed by atoms with Crippen molar-refractivity contribution in [1.82, 2.24) is 0 Å². The van der Waals surface area contributed by atoms with Crippen molar-refractivity contribution in [3.8, 4) is 0 Å². The second kappa shape index (κ2) is 15.4. The SMILES string of the molecule is CC(C)(C)c1ccc2c(c1)B1c3cc(C(C)(C)C)ccc3N(c3cccc4sc5ccccc5c34)c3cc(N4c5ccc(C(C)(C)C)cc5C5(C)CCCCC45C)cc(c31)N2c1cccc2c1oc1ccccc12.